The molecule has 59 heavy (non-hydrogen) atoms. The Morgan fingerprint density at radius 2 is 1.15 bits per heavy atom. The number of nitrogens with one attached hydrogen (secondary N) is 4. The second kappa shape index (κ2) is 15.0. The first kappa shape index (κ1) is 41.8. The Balaban J connectivity index is 1.05. The second-order valence-corrected chi connectivity index (χ2v) is 21.2. The van der Waals surface area contributed by atoms with Crippen molar-refractivity contribution in [2.75, 3.05) is 19.3 Å². The van der Waals surface area contributed by atoms with Crippen molar-refractivity contribution >= 4 is 81.1 Å². The zero-order valence-electron chi connectivity index (χ0n) is 32.3. The monoisotopic (exact) mass is 870 g/mol. The first-order valence-electron chi connectivity index (χ1n) is 18.5. The maximum absolute atomic E-state index is 14.2. The van der Waals surface area contributed by atoms with Crippen LogP contribution in [-0.2, 0) is 38.8 Å². The molecule has 8 atom stereocenters. The minimum atomic E-state index is -3.94. The lowest BCUT2D eigenvalue weighted by molar-refractivity contribution is -0.161. The first-order chi connectivity index (χ1) is 27.6. The van der Waals surface area contributed by atoms with Crippen LogP contribution in [0.4, 0.5) is 9.59 Å². The number of rotatable bonds is 11. The Morgan fingerprint density at radius 1 is 0.712 bits per heavy atom. The van der Waals surface area contributed by atoms with Gasteiger partial charge in [-0.3, -0.25) is 24.0 Å². The van der Waals surface area contributed by atoms with Gasteiger partial charge >= 0.3 is 18.0 Å². The number of amides is 9. The Bertz CT molecular complexity index is 2250. The summed E-state index contributed by atoms with van der Waals surface area (Å²) in [5.41, 5.74) is 0.697. The van der Waals surface area contributed by atoms with E-state index in [0.717, 1.165) is 6.26 Å². The second-order valence-electron chi connectivity index (χ2n) is 15.7. The summed E-state index contributed by atoms with van der Waals surface area (Å²) in [6.07, 6.45) is 0.835. The van der Waals surface area contributed by atoms with E-state index in [1.165, 1.54) is 33.3 Å². The molecule has 22 heteroatoms. The van der Waals surface area contributed by atoms with Crippen molar-refractivity contribution in [3.63, 3.8) is 0 Å². The summed E-state index contributed by atoms with van der Waals surface area (Å²) in [6, 6.07) is 7.13. The van der Waals surface area contributed by atoms with E-state index in [9.17, 15) is 51.9 Å². The molecule has 2 aromatic rings. The SMILES string of the molecule is CC1(C)S[C@@H]2[C@H](NC(=O)[C@H](NC(=O)[C@@H]3N4C(=O)[C@@H](NC(=O)[C@H](NC(=O)N5CCN(S(C)(=O)=O)C5=O)c5ccccc5)[C@H]4SC3(C)C)c3ccccc3)C(=O)N2[C@H]1C(=O)O. The van der Waals surface area contributed by atoms with Gasteiger partial charge in [0.1, 0.15) is 47.0 Å². The first-order valence-corrected chi connectivity index (χ1v) is 22.1. The number of β-lactam (4-membered cyclic amide) rings is 2. The molecule has 7 rings (SSSR count). The van der Waals surface area contributed by atoms with Gasteiger partial charge in [0.2, 0.25) is 39.6 Å². The lowest BCUT2D eigenvalue weighted by atomic mass is 9.93. The molecule has 0 unspecified atom stereocenters. The van der Waals surface area contributed by atoms with Crippen LogP contribution in [-0.4, -0.2) is 144 Å². The standard InChI is InChI=1S/C37H42N8O11S3/c1-36(2)24(28(48)38-20(18-12-8-6-9-13-18)26(46)39-23-30(50)45-25(33(51)52)37(3,4)58-32(23)45)44-29(49)22(31(44)57-36)40-27(47)21(19-14-10-7-11-15-19)41-34(53)42-16-17-43(35(42)54)59(5,55)56/h6-15,20-25,31-32H,16-17H2,1-5H3,(H,38,48)(H,39,46)(H,40,47)(H,41,53)(H,51,52)/t20-,21-,22-,23-,24+,25+,31-,32-/m1/s1. The molecule has 9 amide bonds. The molecule has 0 aliphatic carbocycles. The molecular formula is C37H42N8O11S3. The molecule has 5 heterocycles. The van der Waals surface area contributed by atoms with Crippen LogP contribution in [0.5, 0.6) is 0 Å². The van der Waals surface area contributed by atoms with E-state index in [4.69, 9.17) is 0 Å². The molecule has 5 aliphatic rings. The largest absolute Gasteiger partial charge is 0.480 e. The molecule has 0 aromatic heterocycles. The van der Waals surface area contributed by atoms with E-state index in [-0.39, 0.29) is 13.1 Å². The number of fused-ring (bicyclic) bond motifs is 2. The van der Waals surface area contributed by atoms with Crippen molar-refractivity contribution in [1.82, 2.24) is 40.3 Å². The van der Waals surface area contributed by atoms with Crippen molar-refractivity contribution < 1.29 is 51.9 Å². The number of carboxylic acids is 1. The predicted molar refractivity (Wildman–Crippen MR) is 212 cm³/mol. The molecular weight excluding hydrogens is 829 g/mol. The van der Waals surface area contributed by atoms with Crippen molar-refractivity contribution in [2.24, 2.45) is 0 Å². The number of aliphatic carboxylic acids is 1. The average molecular weight is 871 g/mol. The third kappa shape index (κ3) is 7.34. The molecule has 0 bridgehead atoms. The van der Waals surface area contributed by atoms with Gasteiger partial charge in [-0.25, -0.2) is 32.0 Å². The number of benzene rings is 2. The molecule has 314 valence electrons. The van der Waals surface area contributed by atoms with E-state index in [1.54, 1.807) is 88.4 Å². The lowest BCUT2D eigenvalue weighted by Crippen LogP contribution is -2.72. The molecule has 0 saturated carbocycles. The van der Waals surface area contributed by atoms with Crippen LogP contribution in [0.15, 0.2) is 60.7 Å². The zero-order chi connectivity index (χ0) is 42.9. The van der Waals surface area contributed by atoms with Crippen LogP contribution in [0.25, 0.3) is 0 Å². The number of carboxylic acid groups (broad SMARTS) is 1. The van der Waals surface area contributed by atoms with Crippen LogP contribution in [0.2, 0.25) is 0 Å². The number of carbonyl (C=O) groups excluding carboxylic acids is 7. The number of imide groups is 1. The van der Waals surface area contributed by atoms with E-state index >= 15 is 0 Å². The van der Waals surface area contributed by atoms with E-state index < -0.39 is 114 Å². The van der Waals surface area contributed by atoms with Crippen LogP contribution < -0.4 is 21.3 Å². The Hall–Kier alpha value is -5.35. The number of urea groups is 2. The fourth-order valence-corrected chi connectivity index (χ4v) is 12.2. The van der Waals surface area contributed by atoms with Crippen LogP contribution in [0, 0.1) is 0 Å². The molecule has 2 aromatic carbocycles. The highest BCUT2D eigenvalue weighted by atomic mass is 32.2. The smallest absolute Gasteiger partial charge is 0.341 e. The third-order valence-corrected chi connectivity index (χ3v) is 15.2. The molecule has 0 spiro atoms. The van der Waals surface area contributed by atoms with Crippen LogP contribution in [0.1, 0.15) is 50.9 Å². The Labute approximate surface area is 347 Å². The molecule has 5 fully saturated rings. The highest BCUT2D eigenvalue weighted by Gasteiger charge is 2.66. The highest BCUT2D eigenvalue weighted by molar-refractivity contribution is 8.02. The minimum absolute atomic E-state index is 0.247. The van der Waals surface area contributed by atoms with Gasteiger partial charge in [-0.15, -0.1) is 23.5 Å². The van der Waals surface area contributed by atoms with Gasteiger partial charge in [0, 0.05) is 9.49 Å². The molecule has 19 nitrogen and oxygen atoms in total. The summed E-state index contributed by atoms with van der Waals surface area (Å²) in [5.74, 6) is -4.51. The van der Waals surface area contributed by atoms with Gasteiger partial charge in [0.15, 0.2) is 0 Å². The van der Waals surface area contributed by atoms with Gasteiger partial charge in [-0.2, -0.15) is 0 Å². The Morgan fingerprint density at radius 3 is 1.59 bits per heavy atom. The van der Waals surface area contributed by atoms with Crippen molar-refractivity contribution in [1.29, 1.82) is 0 Å². The topological polar surface area (TPSA) is 252 Å². The van der Waals surface area contributed by atoms with Gasteiger partial charge in [0.25, 0.3) is 0 Å². The highest BCUT2D eigenvalue weighted by Crippen LogP contribution is 2.52. The number of nitrogens with zero attached hydrogens (tertiary/aromatic N) is 4. The number of carbonyl (C=O) groups is 8. The fourth-order valence-electron chi connectivity index (χ4n) is 8.12. The maximum Gasteiger partial charge on any atom is 0.341 e. The fraction of sp³-hybridized carbons (Fsp3) is 0.459. The summed E-state index contributed by atoms with van der Waals surface area (Å²) in [5, 5.41) is 19.1. The Kier molecular flexibility index (Phi) is 10.7. The van der Waals surface area contributed by atoms with Crippen molar-refractivity contribution in [3.05, 3.63) is 71.8 Å². The van der Waals surface area contributed by atoms with E-state index in [1.807, 2.05) is 0 Å². The van der Waals surface area contributed by atoms with Crippen molar-refractivity contribution in [3.8, 4) is 0 Å². The van der Waals surface area contributed by atoms with E-state index in [0.29, 0.717) is 20.3 Å². The average Bonchev–Trinajstić information content (AvgIpc) is 3.79. The van der Waals surface area contributed by atoms with Crippen molar-refractivity contribution in [2.45, 2.75) is 84.2 Å². The molecule has 5 N–H and O–H groups in total. The molecule has 0 radical (unpaired) electrons. The number of thioether (sulfide) groups is 2. The summed E-state index contributed by atoms with van der Waals surface area (Å²) in [6.45, 7) is 6.40. The van der Waals surface area contributed by atoms with Gasteiger partial charge < -0.3 is 36.2 Å². The predicted octanol–water partition coefficient (Wildman–Crippen LogP) is 0.171. The lowest BCUT2D eigenvalue weighted by Gasteiger charge is -2.45. The van der Waals surface area contributed by atoms with Gasteiger partial charge in [-0.05, 0) is 38.8 Å². The summed E-state index contributed by atoms with van der Waals surface area (Å²) in [4.78, 5) is 110. The molecule has 5 aliphatic heterocycles. The summed E-state index contributed by atoms with van der Waals surface area (Å²) >= 11 is 2.50. The quantitative estimate of drug-likeness (QED) is 0.189. The number of hydrogen-bond donors (Lipinski definition) is 5. The summed E-state index contributed by atoms with van der Waals surface area (Å²) < 4.78 is 22.8. The summed E-state index contributed by atoms with van der Waals surface area (Å²) in [7, 11) is -3.94. The zero-order valence-corrected chi connectivity index (χ0v) is 34.8. The van der Waals surface area contributed by atoms with Crippen LogP contribution >= 0.6 is 23.5 Å². The van der Waals surface area contributed by atoms with Crippen LogP contribution in [0.3, 0.4) is 0 Å². The third-order valence-electron chi connectivity index (χ3n) is 10.9. The minimum Gasteiger partial charge on any atom is -0.480 e. The van der Waals surface area contributed by atoms with Gasteiger partial charge in [0.05, 0.1) is 19.3 Å². The van der Waals surface area contributed by atoms with E-state index in [2.05, 4.69) is 21.3 Å². The maximum atomic E-state index is 14.2. The number of sulfonamides is 1. The normalized spacial score (nSPS) is 27.4. The molecule has 5 saturated heterocycles. The van der Waals surface area contributed by atoms with Gasteiger partial charge in [-0.1, -0.05) is 60.7 Å². The number of hydrogen-bond acceptors (Lipinski definition) is 12.